The van der Waals surface area contributed by atoms with Gasteiger partial charge in [-0.25, -0.2) is 8.42 Å². The summed E-state index contributed by atoms with van der Waals surface area (Å²) in [5.74, 6) is 0. The molecular weight excluding hydrogens is 272 g/mol. The van der Waals surface area contributed by atoms with Crippen LogP contribution in [0.2, 0.25) is 0 Å². The third-order valence-corrected chi connectivity index (χ3v) is 4.96. The molecule has 1 heterocycles. The van der Waals surface area contributed by atoms with E-state index in [0.29, 0.717) is 18.0 Å². The molecule has 2 rings (SSSR count). The van der Waals surface area contributed by atoms with E-state index in [-0.39, 0.29) is 12.4 Å². The maximum atomic E-state index is 12.3. The smallest absolute Gasteiger partial charge is 0.243 e. The van der Waals surface area contributed by atoms with Crippen molar-refractivity contribution in [2.75, 3.05) is 26.2 Å². The van der Waals surface area contributed by atoms with Crippen LogP contribution in [0.3, 0.4) is 0 Å². The molecule has 1 aliphatic heterocycles. The molecule has 1 aromatic rings. The molecule has 1 fully saturated rings. The van der Waals surface area contributed by atoms with Gasteiger partial charge in [0.05, 0.1) is 4.90 Å². The van der Waals surface area contributed by atoms with Crippen LogP contribution in [0.15, 0.2) is 29.2 Å². The van der Waals surface area contributed by atoms with Crippen LogP contribution in [0, 0.1) is 0 Å². The second-order valence-electron chi connectivity index (χ2n) is 4.15. The van der Waals surface area contributed by atoms with E-state index in [0.717, 1.165) is 25.1 Å². The monoisotopic (exact) mass is 290 g/mol. The van der Waals surface area contributed by atoms with Gasteiger partial charge in [-0.05, 0) is 24.1 Å². The first-order valence-corrected chi connectivity index (χ1v) is 7.38. The van der Waals surface area contributed by atoms with Crippen molar-refractivity contribution in [2.45, 2.75) is 18.2 Å². The Labute approximate surface area is 115 Å². The van der Waals surface area contributed by atoms with E-state index in [1.807, 2.05) is 12.1 Å². The molecule has 0 radical (unpaired) electrons. The van der Waals surface area contributed by atoms with Crippen LogP contribution >= 0.6 is 12.4 Å². The molecule has 0 spiro atoms. The third kappa shape index (κ3) is 3.23. The maximum absolute atomic E-state index is 12.3. The highest BCUT2D eigenvalue weighted by atomic mass is 35.5. The first-order chi connectivity index (χ1) is 8.14. The number of hydrogen-bond acceptors (Lipinski definition) is 3. The Bertz CT molecular complexity index is 467. The highest BCUT2D eigenvalue weighted by Gasteiger charge is 2.25. The Morgan fingerprint density at radius 1 is 1.17 bits per heavy atom. The molecule has 4 nitrogen and oxygen atoms in total. The van der Waals surface area contributed by atoms with Crippen molar-refractivity contribution >= 4 is 22.4 Å². The van der Waals surface area contributed by atoms with Crippen molar-refractivity contribution in [1.29, 1.82) is 0 Å². The number of nitrogens with one attached hydrogen (secondary N) is 1. The molecule has 6 heteroatoms. The zero-order valence-corrected chi connectivity index (χ0v) is 12.1. The van der Waals surface area contributed by atoms with E-state index in [1.165, 1.54) is 0 Å². The lowest BCUT2D eigenvalue weighted by molar-refractivity contribution is 0.360. The van der Waals surface area contributed by atoms with Crippen molar-refractivity contribution in [2.24, 2.45) is 0 Å². The quantitative estimate of drug-likeness (QED) is 0.912. The molecule has 0 aliphatic carbocycles. The van der Waals surface area contributed by atoms with E-state index >= 15 is 0 Å². The highest BCUT2D eigenvalue weighted by molar-refractivity contribution is 7.89. The largest absolute Gasteiger partial charge is 0.314 e. The van der Waals surface area contributed by atoms with Crippen LogP contribution in [0.1, 0.15) is 12.5 Å². The molecule has 1 N–H and O–H groups in total. The van der Waals surface area contributed by atoms with Crippen molar-refractivity contribution in [3.63, 3.8) is 0 Å². The summed E-state index contributed by atoms with van der Waals surface area (Å²) in [7, 11) is -3.29. The van der Waals surface area contributed by atoms with Crippen molar-refractivity contribution in [3.8, 4) is 0 Å². The molecule has 1 saturated heterocycles. The molecule has 1 aromatic carbocycles. The van der Waals surface area contributed by atoms with Crippen LogP contribution in [0.25, 0.3) is 0 Å². The molecule has 0 aromatic heterocycles. The molecule has 0 amide bonds. The van der Waals surface area contributed by atoms with Crippen LogP contribution in [0.4, 0.5) is 0 Å². The lowest BCUT2D eigenvalue weighted by Gasteiger charge is -2.26. The van der Waals surface area contributed by atoms with Crippen molar-refractivity contribution in [3.05, 3.63) is 29.8 Å². The van der Waals surface area contributed by atoms with Crippen LogP contribution in [-0.2, 0) is 16.4 Å². The first-order valence-electron chi connectivity index (χ1n) is 5.94. The second kappa shape index (κ2) is 6.52. The number of hydrogen-bond donors (Lipinski definition) is 1. The fourth-order valence-electron chi connectivity index (χ4n) is 1.93. The molecular formula is C12H19ClN2O2S. The first kappa shape index (κ1) is 15.4. The Balaban J connectivity index is 0.00000162. The summed E-state index contributed by atoms with van der Waals surface area (Å²) >= 11 is 0. The zero-order valence-electron chi connectivity index (χ0n) is 10.4. The molecule has 1 aliphatic rings. The van der Waals surface area contributed by atoms with Crippen LogP contribution < -0.4 is 5.32 Å². The molecule has 0 atom stereocenters. The summed E-state index contributed by atoms with van der Waals surface area (Å²) < 4.78 is 26.1. The molecule has 0 unspecified atom stereocenters. The van der Waals surface area contributed by atoms with Gasteiger partial charge in [-0.15, -0.1) is 12.4 Å². The number of benzene rings is 1. The van der Waals surface area contributed by atoms with Crippen molar-refractivity contribution < 1.29 is 8.42 Å². The Morgan fingerprint density at radius 2 is 1.72 bits per heavy atom. The lowest BCUT2D eigenvalue weighted by Crippen LogP contribution is -2.46. The van der Waals surface area contributed by atoms with Crippen LogP contribution in [0.5, 0.6) is 0 Å². The third-order valence-electron chi connectivity index (χ3n) is 3.05. The normalized spacial score (nSPS) is 17.2. The average molecular weight is 291 g/mol. The molecule has 18 heavy (non-hydrogen) atoms. The standard InChI is InChI=1S/C12H18N2O2S.ClH/c1-2-11-3-5-12(6-4-11)17(15,16)14-9-7-13-8-10-14;/h3-6,13H,2,7-10H2,1H3;1H. The zero-order chi connectivity index (χ0) is 12.3. The summed E-state index contributed by atoms with van der Waals surface area (Å²) in [6.07, 6.45) is 0.925. The summed E-state index contributed by atoms with van der Waals surface area (Å²) in [5, 5.41) is 3.15. The topological polar surface area (TPSA) is 49.4 Å². The van der Waals surface area contributed by atoms with Gasteiger partial charge < -0.3 is 5.32 Å². The minimum absolute atomic E-state index is 0. The molecule has 0 bridgehead atoms. The maximum Gasteiger partial charge on any atom is 0.243 e. The van der Waals surface area contributed by atoms with Crippen molar-refractivity contribution in [1.82, 2.24) is 9.62 Å². The number of sulfonamides is 1. The summed E-state index contributed by atoms with van der Waals surface area (Å²) in [5.41, 5.74) is 1.16. The van der Waals surface area contributed by atoms with E-state index in [1.54, 1.807) is 16.4 Å². The average Bonchev–Trinajstić information content (AvgIpc) is 2.40. The minimum Gasteiger partial charge on any atom is -0.314 e. The van der Waals surface area contributed by atoms with Gasteiger partial charge in [0.2, 0.25) is 10.0 Å². The van der Waals surface area contributed by atoms with Gasteiger partial charge in [0.1, 0.15) is 0 Å². The van der Waals surface area contributed by atoms with Gasteiger partial charge in [0.15, 0.2) is 0 Å². The molecule has 0 saturated carbocycles. The summed E-state index contributed by atoms with van der Waals surface area (Å²) in [4.78, 5) is 0.400. The lowest BCUT2D eigenvalue weighted by atomic mass is 10.2. The Kier molecular flexibility index (Phi) is 5.59. The molecule has 102 valence electrons. The predicted octanol–water partition coefficient (Wildman–Crippen LogP) is 1.26. The predicted molar refractivity (Wildman–Crippen MR) is 74.7 cm³/mol. The Morgan fingerprint density at radius 3 is 2.22 bits per heavy atom. The van der Waals surface area contributed by atoms with Gasteiger partial charge in [-0.2, -0.15) is 4.31 Å². The van der Waals surface area contributed by atoms with Gasteiger partial charge >= 0.3 is 0 Å². The fourth-order valence-corrected chi connectivity index (χ4v) is 3.37. The number of aryl methyl sites for hydroxylation is 1. The van der Waals surface area contributed by atoms with Crippen LogP contribution in [-0.4, -0.2) is 38.9 Å². The van der Waals surface area contributed by atoms with Gasteiger partial charge in [0.25, 0.3) is 0 Å². The summed E-state index contributed by atoms with van der Waals surface area (Å²) in [6.45, 7) is 4.62. The minimum atomic E-state index is -3.29. The number of nitrogens with zero attached hydrogens (tertiary/aromatic N) is 1. The Hall–Kier alpha value is -0.620. The van der Waals surface area contributed by atoms with Gasteiger partial charge in [0, 0.05) is 26.2 Å². The summed E-state index contributed by atoms with van der Waals surface area (Å²) in [6, 6.07) is 7.18. The number of piperazine rings is 1. The van der Waals surface area contributed by atoms with E-state index < -0.39 is 10.0 Å². The fraction of sp³-hybridized carbons (Fsp3) is 0.500. The number of halogens is 1. The second-order valence-corrected chi connectivity index (χ2v) is 6.09. The van der Waals surface area contributed by atoms with Gasteiger partial charge in [-0.3, -0.25) is 0 Å². The van der Waals surface area contributed by atoms with Gasteiger partial charge in [-0.1, -0.05) is 19.1 Å². The van der Waals surface area contributed by atoms with E-state index in [9.17, 15) is 8.42 Å². The van der Waals surface area contributed by atoms with E-state index in [2.05, 4.69) is 12.2 Å². The number of rotatable bonds is 3. The SMILES string of the molecule is CCc1ccc(S(=O)(=O)N2CCNCC2)cc1.Cl. The van der Waals surface area contributed by atoms with E-state index in [4.69, 9.17) is 0 Å². The highest BCUT2D eigenvalue weighted by Crippen LogP contribution is 2.16.